The molecule has 0 aliphatic rings. The van der Waals surface area contributed by atoms with Crippen molar-refractivity contribution < 1.29 is 15.0 Å². The van der Waals surface area contributed by atoms with Gasteiger partial charge in [0.15, 0.2) is 0 Å². The SMILES string of the molecule is N#C/C(=C/NCCc1ccc(Cl)cc1)C(=O)N(CCO)CCO. The zero-order valence-corrected chi connectivity index (χ0v) is 13.5. The molecule has 7 heteroatoms. The molecule has 0 heterocycles. The van der Waals surface area contributed by atoms with Crippen LogP contribution in [-0.4, -0.2) is 53.9 Å². The van der Waals surface area contributed by atoms with Crippen molar-refractivity contribution in [3.05, 3.63) is 46.6 Å². The summed E-state index contributed by atoms with van der Waals surface area (Å²) >= 11 is 5.81. The Labute approximate surface area is 140 Å². The van der Waals surface area contributed by atoms with E-state index < -0.39 is 5.91 Å². The minimum Gasteiger partial charge on any atom is -0.395 e. The molecule has 0 aromatic heterocycles. The van der Waals surface area contributed by atoms with Crippen LogP contribution in [0.25, 0.3) is 0 Å². The first-order chi connectivity index (χ1) is 11.1. The maximum absolute atomic E-state index is 12.1. The number of halogens is 1. The Morgan fingerprint density at radius 2 is 1.87 bits per heavy atom. The van der Waals surface area contributed by atoms with Gasteiger partial charge < -0.3 is 20.4 Å². The van der Waals surface area contributed by atoms with Crippen molar-refractivity contribution in [1.82, 2.24) is 10.2 Å². The number of rotatable bonds is 9. The highest BCUT2D eigenvalue weighted by Crippen LogP contribution is 2.09. The van der Waals surface area contributed by atoms with E-state index in [9.17, 15) is 4.79 Å². The van der Waals surface area contributed by atoms with E-state index in [1.165, 1.54) is 11.1 Å². The number of nitriles is 1. The number of benzene rings is 1. The molecule has 0 saturated heterocycles. The second-order valence-electron chi connectivity index (χ2n) is 4.74. The van der Waals surface area contributed by atoms with Crippen LogP contribution in [0.5, 0.6) is 0 Å². The molecule has 0 radical (unpaired) electrons. The molecule has 0 atom stereocenters. The molecule has 1 rings (SSSR count). The normalized spacial score (nSPS) is 11.0. The van der Waals surface area contributed by atoms with Gasteiger partial charge in [0.1, 0.15) is 11.6 Å². The minimum atomic E-state index is -0.519. The Bertz CT molecular complexity index is 561. The Balaban J connectivity index is 2.55. The highest BCUT2D eigenvalue weighted by atomic mass is 35.5. The van der Waals surface area contributed by atoms with Gasteiger partial charge in [0.2, 0.25) is 0 Å². The molecule has 1 aromatic carbocycles. The summed E-state index contributed by atoms with van der Waals surface area (Å²) in [7, 11) is 0. The van der Waals surface area contributed by atoms with Crippen LogP contribution in [0.3, 0.4) is 0 Å². The molecule has 0 spiro atoms. The third-order valence-electron chi connectivity index (χ3n) is 3.10. The number of nitrogens with zero attached hydrogens (tertiary/aromatic N) is 2. The standard InChI is InChI=1S/C16H20ClN3O3/c17-15-3-1-13(2-4-15)5-6-19-12-14(11-18)16(23)20(7-9-21)8-10-22/h1-4,12,19,21-22H,5-10H2/b14-12-. The molecule has 6 nitrogen and oxygen atoms in total. The zero-order chi connectivity index (χ0) is 17.1. The van der Waals surface area contributed by atoms with Crippen molar-refractivity contribution in [2.45, 2.75) is 6.42 Å². The highest BCUT2D eigenvalue weighted by molar-refractivity contribution is 6.30. The van der Waals surface area contributed by atoms with Crippen LogP contribution in [0.4, 0.5) is 0 Å². The first-order valence-corrected chi connectivity index (χ1v) is 7.59. The van der Waals surface area contributed by atoms with Crippen LogP contribution in [-0.2, 0) is 11.2 Å². The summed E-state index contributed by atoms with van der Waals surface area (Å²) in [5.74, 6) is -0.519. The number of hydrogen-bond acceptors (Lipinski definition) is 5. The Hall–Kier alpha value is -2.07. The van der Waals surface area contributed by atoms with Crippen LogP contribution in [0, 0.1) is 11.3 Å². The van der Waals surface area contributed by atoms with Gasteiger partial charge in [-0.05, 0) is 24.1 Å². The second kappa shape index (κ2) is 10.6. The van der Waals surface area contributed by atoms with E-state index in [0.29, 0.717) is 11.6 Å². The van der Waals surface area contributed by atoms with Crippen LogP contribution < -0.4 is 5.32 Å². The summed E-state index contributed by atoms with van der Waals surface area (Å²) < 4.78 is 0. The molecular weight excluding hydrogens is 318 g/mol. The lowest BCUT2D eigenvalue weighted by Gasteiger charge is -2.20. The lowest BCUT2D eigenvalue weighted by Crippen LogP contribution is -2.37. The Morgan fingerprint density at radius 3 is 2.39 bits per heavy atom. The summed E-state index contributed by atoms with van der Waals surface area (Å²) in [5.41, 5.74) is 1.02. The van der Waals surface area contributed by atoms with Gasteiger partial charge in [-0.1, -0.05) is 23.7 Å². The first kappa shape index (κ1) is 19.0. The van der Waals surface area contributed by atoms with Crippen molar-refractivity contribution in [2.75, 3.05) is 32.8 Å². The van der Waals surface area contributed by atoms with E-state index in [-0.39, 0.29) is 31.9 Å². The number of hydrogen-bond donors (Lipinski definition) is 3. The summed E-state index contributed by atoms with van der Waals surface area (Å²) in [6.07, 6.45) is 2.08. The Kier molecular flexibility index (Phi) is 8.76. The molecule has 0 bridgehead atoms. The largest absolute Gasteiger partial charge is 0.395 e. The fraction of sp³-hybridized carbons (Fsp3) is 0.375. The van der Waals surface area contributed by atoms with E-state index >= 15 is 0 Å². The molecule has 0 aliphatic heterocycles. The topological polar surface area (TPSA) is 96.6 Å². The molecular formula is C16H20ClN3O3. The van der Waals surface area contributed by atoms with Crippen molar-refractivity contribution >= 4 is 17.5 Å². The molecule has 0 fully saturated rings. The molecule has 124 valence electrons. The van der Waals surface area contributed by atoms with Crippen LogP contribution >= 0.6 is 11.6 Å². The number of carbonyl (C=O) groups is 1. The molecule has 1 amide bonds. The van der Waals surface area contributed by atoms with Gasteiger partial charge >= 0.3 is 0 Å². The quantitative estimate of drug-likeness (QED) is 0.350. The van der Waals surface area contributed by atoms with Crippen molar-refractivity contribution in [1.29, 1.82) is 5.26 Å². The summed E-state index contributed by atoms with van der Waals surface area (Å²) in [5, 5.41) is 30.5. The monoisotopic (exact) mass is 337 g/mol. The third-order valence-corrected chi connectivity index (χ3v) is 3.35. The highest BCUT2D eigenvalue weighted by Gasteiger charge is 2.17. The average Bonchev–Trinajstić information content (AvgIpc) is 2.56. The van der Waals surface area contributed by atoms with Gasteiger partial charge in [-0.2, -0.15) is 5.26 Å². The van der Waals surface area contributed by atoms with Crippen molar-refractivity contribution in [3.63, 3.8) is 0 Å². The van der Waals surface area contributed by atoms with Gasteiger partial charge in [0.05, 0.1) is 13.2 Å². The average molecular weight is 338 g/mol. The van der Waals surface area contributed by atoms with E-state index in [4.69, 9.17) is 27.1 Å². The van der Waals surface area contributed by atoms with Gasteiger partial charge in [-0.3, -0.25) is 4.79 Å². The molecule has 23 heavy (non-hydrogen) atoms. The molecule has 0 saturated carbocycles. The maximum atomic E-state index is 12.1. The summed E-state index contributed by atoms with van der Waals surface area (Å²) in [4.78, 5) is 13.3. The number of carbonyl (C=O) groups excluding carboxylic acids is 1. The summed E-state index contributed by atoms with van der Waals surface area (Å²) in [6.45, 7) is 0.245. The Morgan fingerprint density at radius 1 is 1.26 bits per heavy atom. The molecule has 0 aliphatic carbocycles. The first-order valence-electron chi connectivity index (χ1n) is 7.21. The smallest absolute Gasteiger partial charge is 0.266 e. The van der Waals surface area contributed by atoms with Crippen LogP contribution in [0.1, 0.15) is 5.56 Å². The lowest BCUT2D eigenvalue weighted by atomic mass is 10.1. The number of aliphatic hydroxyl groups is 2. The minimum absolute atomic E-state index is 0.0667. The van der Waals surface area contributed by atoms with Gasteiger partial charge in [0, 0.05) is 30.9 Å². The third kappa shape index (κ3) is 6.70. The second-order valence-corrected chi connectivity index (χ2v) is 5.18. The van der Waals surface area contributed by atoms with E-state index in [1.807, 2.05) is 18.2 Å². The number of nitrogens with one attached hydrogen (secondary N) is 1. The van der Waals surface area contributed by atoms with Crippen LogP contribution in [0.15, 0.2) is 36.0 Å². The van der Waals surface area contributed by atoms with E-state index in [0.717, 1.165) is 12.0 Å². The number of aliphatic hydroxyl groups excluding tert-OH is 2. The van der Waals surface area contributed by atoms with E-state index in [1.54, 1.807) is 12.1 Å². The molecule has 3 N–H and O–H groups in total. The van der Waals surface area contributed by atoms with E-state index in [2.05, 4.69) is 5.32 Å². The van der Waals surface area contributed by atoms with Crippen molar-refractivity contribution in [2.24, 2.45) is 0 Å². The fourth-order valence-electron chi connectivity index (χ4n) is 1.91. The summed E-state index contributed by atoms with van der Waals surface area (Å²) in [6, 6.07) is 9.26. The van der Waals surface area contributed by atoms with Gasteiger partial charge in [-0.25, -0.2) is 0 Å². The van der Waals surface area contributed by atoms with Gasteiger partial charge in [-0.15, -0.1) is 0 Å². The molecule has 1 aromatic rings. The fourth-order valence-corrected chi connectivity index (χ4v) is 2.04. The zero-order valence-electron chi connectivity index (χ0n) is 12.7. The number of amides is 1. The van der Waals surface area contributed by atoms with Crippen LogP contribution in [0.2, 0.25) is 5.02 Å². The van der Waals surface area contributed by atoms with Crippen molar-refractivity contribution in [3.8, 4) is 6.07 Å². The molecule has 0 unspecified atom stereocenters. The maximum Gasteiger partial charge on any atom is 0.266 e. The predicted octanol–water partition coefficient (Wildman–Crippen LogP) is 0.693. The van der Waals surface area contributed by atoms with Gasteiger partial charge in [0.25, 0.3) is 5.91 Å². The lowest BCUT2D eigenvalue weighted by molar-refractivity contribution is -0.127. The predicted molar refractivity (Wildman–Crippen MR) is 87.6 cm³/mol.